The second-order valence-corrected chi connectivity index (χ2v) is 8.28. The van der Waals surface area contributed by atoms with E-state index in [1.807, 2.05) is 0 Å². The van der Waals surface area contributed by atoms with Crippen LogP contribution in [0.15, 0.2) is 24.3 Å². The first kappa shape index (κ1) is 25.5. The van der Waals surface area contributed by atoms with Gasteiger partial charge in [-0.3, -0.25) is 4.79 Å². The molecule has 1 fully saturated rings. The number of rotatable bonds is 7. The van der Waals surface area contributed by atoms with Crippen LogP contribution < -0.4 is 4.74 Å². The summed E-state index contributed by atoms with van der Waals surface area (Å²) < 4.78 is 38.5. The average molecular weight is 417 g/mol. The van der Waals surface area contributed by atoms with E-state index in [0.29, 0.717) is 5.78 Å². The Balaban J connectivity index is 0.000000308. The van der Waals surface area contributed by atoms with Crippen LogP contribution in [0.1, 0.15) is 84.1 Å². The maximum absolute atomic E-state index is 11.9. The molecule has 0 atom stereocenters. The summed E-state index contributed by atoms with van der Waals surface area (Å²) in [6.45, 7) is 7.81. The van der Waals surface area contributed by atoms with Gasteiger partial charge in [0, 0.05) is 5.41 Å². The predicted octanol–water partition coefficient (Wildman–Crippen LogP) is 6.75. The molecule has 0 amide bonds. The lowest BCUT2D eigenvalue weighted by molar-refractivity contribution is -0.274. The zero-order valence-electron chi connectivity index (χ0n) is 18.1. The number of ketones is 1. The number of aryl methyl sites for hydroxylation is 1. The van der Waals surface area contributed by atoms with Gasteiger partial charge in [0.25, 0.3) is 0 Å². The molecule has 0 bridgehead atoms. The van der Waals surface area contributed by atoms with E-state index in [1.165, 1.54) is 12.1 Å². The minimum atomic E-state index is -4.60. The number of alkyl halides is 3. The molecule has 2 rings (SSSR count). The normalized spacial score (nSPS) is 24.4. The van der Waals surface area contributed by atoms with Crippen LogP contribution in [0.4, 0.5) is 13.2 Å². The van der Waals surface area contributed by atoms with E-state index in [1.54, 1.807) is 26.0 Å². The fourth-order valence-electron chi connectivity index (χ4n) is 3.95. The van der Waals surface area contributed by atoms with Gasteiger partial charge in [0.05, 0.1) is 5.60 Å². The van der Waals surface area contributed by atoms with Crippen LogP contribution >= 0.6 is 0 Å². The molecule has 1 aliphatic rings. The van der Waals surface area contributed by atoms with Gasteiger partial charge in [-0.2, -0.15) is 0 Å². The highest BCUT2D eigenvalue weighted by Gasteiger charge is 2.43. The minimum Gasteiger partial charge on any atom is -0.406 e. The van der Waals surface area contributed by atoms with Crippen molar-refractivity contribution in [3.8, 4) is 5.75 Å². The van der Waals surface area contributed by atoms with Crippen molar-refractivity contribution in [3.63, 3.8) is 0 Å². The lowest BCUT2D eigenvalue weighted by Crippen LogP contribution is -2.42. The van der Waals surface area contributed by atoms with Crippen LogP contribution in [0.3, 0.4) is 0 Å². The summed E-state index contributed by atoms with van der Waals surface area (Å²) >= 11 is 0. The van der Waals surface area contributed by atoms with E-state index in [2.05, 4.69) is 18.6 Å². The van der Waals surface area contributed by atoms with Crippen LogP contribution in [0.5, 0.6) is 5.75 Å². The summed E-state index contributed by atoms with van der Waals surface area (Å²) in [5.74, 6) is 0.144. The highest BCUT2D eigenvalue weighted by Crippen LogP contribution is 2.46. The van der Waals surface area contributed by atoms with Gasteiger partial charge in [0.1, 0.15) is 11.5 Å². The SMILES string of the molecule is CCCCC1(O)CCC(CCC)(C(C)=O)CC1.Cc1ccc(OC(F)(F)F)cc1. The number of Topliss-reactive ketones (excluding diaryl/α,β-unsaturated/α-hetero) is 1. The van der Waals surface area contributed by atoms with Gasteiger partial charge < -0.3 is 9.84 Å². The predicted molar refractivity (Wildman–Crippen MR) is 109 cm³/mol. The maximum Gasteiger partial charge on any atom is 0.573 e. The molecule has 1 aliphatic carbocycles. The zero-order chi connectivity index (χ0) is 22.1. The van der Waals surface area contributed by atoms with Gasteiger partial charge in [-0.25, -0.2) is 0 Å². The lowest BCUT2D eigenvalue weighted by Gasteiger charge is -2.43. The highest BCUT2D eigenvalue weighted by atomic mass is 19.4. The zero-order valence-corrected chi connectivity index (χ0v) is 18.1. The largest absolute Gasteiger partial charge is 0.573 e. The monoisotopic (exact) mass is 416 g/mol. The van der Waals surface area contributed by atoms with Crippen LogP contribution in [0.2, 0.25) is 0 Å². The van der Waals surface area contributed by atoms with E-state index in [0.717, 1.165) is 63.4 Å². The Morgan fingerprint density at radius 1 is 1.03 bits per heavy atom. The highest BCUT2D eigenvalue weighted by molar-refractivity contribution is 5.82. The standard InChI is InChI=1S/C15H28O2.C8H7F3O/c1-4-6-8-15(17)11-9-14(7-5-2,10-12-15)13(3)16;1-6-2-4-7(5-3-6)12-8(9,10)11/h17H,4-12H2,1-3H3;2-5H,1H3. The van der Waals surface area contributed by atoms with Crippen molar-refractivity contribution in [3.05, 3.63) is 29.8 Å². The molecule has 0 radical (unpaired) electrons. The molecule has 1 aromatic rings. The van der Waals surface area contributed by atoms with Crippen molar-refractivity contribution in [2.45, 2.75) is 97.4 Å². The van der Waals surface area contributed by atoms with Crippen LogP contribution in [0, 0.1) is 12.3 Å². The van der Waals surface area contributed by atoms with Crippen LogP contribution in [0.25, 0.3) is 0 Å². The van der Waals surface area contributed by atoms with Gasteiger partial charge in [0.2, 0.25) is 0 Å². The van der Waals surface area contributed by atoms with Crippen molar-refractivity contribution in [2.75, 3.05) is 0 Å². The topological polar surface area (TPSA) is 46.5 Å². The van der Waals surface area contributed by atoms with E-state index < -0.39 is 12.0 Å². The average Bonchev–Trinajstić information content (AvgIpc) is 2.64. The summed E-state index contributed by atoms with van der Waals surface area (Å²) in [6.07, 6.45) is 3.98. The van der Waals surface area contributed by atoms with Crippen LogP contribution in [-0.4, -0.2) is 22.9 Å². The molecule has 166 valence electrons. The third-order valence-electron chi connectivity index (χ3n) is 5.86. The molecule has 0 aliphatic heterocycles. The minimum absolute atomic E-state index is 0.118. The van der Waals surface area contributed by atoms with Crippen molar-refractivity contribution < 1.29 is 27.8 Å². The van der Waals surface area contributed by atoms with Gasteiger partial charge in [-0.05, 0) is 64.5 Å². The first-order chi connectivity index (χ1) is 13.5. The van der Waals surface area contributed by atoms with Crippen molar-refractivity contribution in [2.24, 2.45) is 5.41 Å². The Bertz CT molecular complexity index is 615. The molecule has 1 saturated carbocycles. The number of benzene rings is 1. The number of aliphatic hydroxyl groups is 1. The van der Waals surface area contributed by atoms with Crippen LogP contribution in [-0.2, 0) is 4.79 Å². The third-order valence-corrected chi connectivity index (χ3v) is 5.86. The van der Waals surface area contributed by atoms with Gasteiger partial charge >= 0.3 is 6.36 Å². The number of halogens is 3. The molecule has 29 heavy (non-hydrogen) atoms. The molecule has 0 heterocycles. The number of hydrogen-bond donors (Lipinski definition) is 1. The number of carbonyl (C=O) groups excluding carboxylic acids is 1. The maximum atomic E-state index is 11.9. The fraction of sp³-hybridized carbons (Fsp3) is 0.696. The number of hydrogen-bond acceptors (Lipinski definition) is 3. The second kappa shape index (κ2) is 11.0. The summed E-state index contributed by atoms with van der Waals surface area (Å²) in [4.78, 5) is 11.9. The molecule has 3 nitrogen and oxygen atoms in total. The fourth-order valence-corrected chi connectivity index (χ4v) is 3.95. The smallest absolute Gasteiger partial charge is 0.406 e. The van der Waals surface area contributed by atoms with Crippen molar-refractivity contribution in [1.82, 2.24) is 0 Å². The summed E-state index contributed by atoms with van der Waals surface area (Å²) in [6, 6.07) is 5.67. The molecule has 1 N–H and O–H groups in total. The molecule has 0 aromatic heterocycles. The Kier molecular flexibility index (Phi) is 9.66. The molecule has 0 unspecified atom stereocenters. The van der Waals surface area contributed by atoms with Gasteiger partial charge in [-0.15, -0.1) is 13.2 Å². The first-order valence-corrected chi connectivity index (χ1v) is 10.5. The Hall–Kier alpha value is -1.56. The second-order valence-electron chi connectivity index (χ2n) is 8.28. The summed E-state index contributed by atoms with van der Waals surface area (Å²) in [7, 11) is 0. The molecule has 0 spiro atoms. The Morgan fingerprint density at radius 2 is 1.59 bits per heavy atom. The van der Waals surface area contributed by atoms with E-state index in [-0.39, 0.29) is 11.2 Å². The molecular weight excluding hydrogens is 381 g/mol. The van der Waals surface area contributed by atoms with Gasteiger partial charge in [-0.1, -0.05) is 50.8 Å². The van der Waals surface area contributed by atoms with E-state index in [4.69, 9.17) is 0 Å². The number of carbonyl (C=O) groups is 1. The van der Waals surface area contributed by atoms with Crippen molar-refractivity contribution >= 4 is 5.78 Å². The first-order valence-electron chi connectivity index (χ1n) is 10.5. The summed E-state index contributed by atoms with van der Waals surface area (Å²) in [5, 5.41) is 10.5. The molecule has 1 aromatic carbocycles. The van der Waals surface area contributed by atoms with Gasteiger partial charge in [0.15, 0.2) is 0 Å². The molecule has 6 heteroatoms. The van der Waals surface area contributed by atoms with Crippen molar-refractivity contribution in [1.29, 1.82) is 0 Å². The third kappa shape index (κ3) is 8.77. The number of unbranched alkanes of at least 4 members (excludes halogenated alkanes) is 1. The Morgan fingerprint density at radius 3 is 2.00 bits per heavy atom. The molecule has 0 saturated heterocycles. The number of ether oxygens (including phenoxy) is 1. The molecular formula is C23H35F3O3. The van der Waals surface area contributed by atoms with E-state index in [9.17, 15) is 23.1 Å². The van der Waals surface area contributed by atoms with E-state index >= 15 is 0 Å². The summed E-state index contributed by atoms with van der Waals surface area (Å²) in [5.41, 5.74) is 0.292. The lowest BCUT2D eigenvalue weighted by atomic mass is 9.64. The Labute approximate surface area is 172 Å². The quantitative estimate of drug-likeness (QED) is 0.535.